The molecule has 0 saturated carbocycles. The molecule has 1 saturated heterocycles. The molecule has 1 heterocycles. The van der Waals surface area contributed by atoms with Crippen LogP contribution < -0.4 is 0 Å². The van der Waals surface area contributed by atoms with E-state index in [1.165, 1.54) is 53.0 Å². The Balaban J connectivity index is 1.78. The van der Waals surface area contributed by atoms with Crippen LogP contribution in [0.3, 0.4) is 0 Å². The van der Waals surface area contributed by atoms with Crippen LogP contribution in [0.5, 0.6) is 0 Å². The highest BCUT2D eigenvalue weighted by Crippen LogP contribution is 2.32. The molecule has 0 aromatic heterocycles. The predicted octanol–water partition coefficient (Wildman–Crippen LogP) is 4.14. The standard InChI is InChI=1S/C12H20OS4/c1-2-12(13)16-8-4-7-14-6-3-5-11-9-15-10-17-11/h2,11H,1,3-10H2. The molecule has 1 aliphatic heterocycles. The summed E-state index contributed by atoms with van der Waals surface area (Å²) in [4.78, 5) is 10.9. The molecule has 0 spiro atoms. The van der Waals surface area contributed by atoms with Gasteiger partial charge in [-0.2, -0.15) is 11.8 Å². The van der Waals surface area contributed by atoms with E-state index in [0.29, 0.717) is 0 Å². The lowest BCUT2D eigenvalue weighted by Gasteiger charge is -2.06. The van der Waals surface area contributed by atoms with Gasteiger partial charge in [0.25, 0.3) is 0 Å². The van der Waals surface area contributed by atoms with Crippen LogP contribution in [-0.4, -0.2) is 38.5 Å². The first-order valence-electron chi connectivity index (χ1n) is 5.89. The third-order valence-corrected chi connectivity index (χ3v) is 7.38. The van der Waals surface area contributed by atoms with E-state index in [2.05, 4.69) is 30.1 Å². The molecule has 17 heavy (non-hydrogen) atoms. The van der Waals surface area contributed by atoms with E-state index in [9.17, 15) is 4.79 Å². The van der Waals surface area contributed by atoms with Crippen molar-refractivity contribution in [3.8, 4) is 0 Å². The van der Waals surface area contributed by atoms with Gasteiger partial charge in [-0.05, 0) is 36.8 Å². The molecule has 1 aliphatic rings. The zero-order chi connectivity index (χ0) is 12.3. The summed E-state index contributed by atoms with van der Waals surface area (Å²) < 4.78 is 0. The van der Waals surface area contributed by atoms with Crippen molar-refractivity contribution < 1.29 is 4.79 Å². The number of thioether (sulfide) groups is 4. The fourth-order valence-electron chi connectivity index (χ4n) is 1.45. The van der Waals surface area contributed by atoms with Gasteiger partial charge in [0, 0.05) is 21.8 Å². The number of rotatable bonds is 9. The maximum atomic E-state index is 10.9. The second kappa shape index (κ2) is 10.7. The number of hydrogen-bond donors (Lipinski definition) is 0. The van der Waals surface area contributed by atoms with Crippen molar-refractivity contribution in [3.05, 3.63) is 12.7 Å². The lowest BCUT2D eigenvalue weighted by molar-refractivity contribution is -0.107. The normalized spacial score (nSPS) is 19.4. The molecular formula is C12H20OS4. The highest BCUT2D eigenvalue weighted by atomic mass is 32.2. The molecule has 5 heteroatoms. The third kappa shape index (κ3) is 8.51. The zero-order valence-electron chi connectivity index (χ0n) is 10.1. The van der Waals surface area contributed by atoms with Gasteiger partial charge in [-0.25, -0.2) is 0 Å². The predicted molar refractivity (Wildman–Crippen MR) is 87.5 cm³/mol. The van der Waals surface area contributed by atoms with E-state index < -0.39 is 0 Å². The Morgan fingerprint density at radius 2 is 2.18 bits per heavy atom. The quantitative estimate of drug-likeness (QED) is 0.469. The van der Waals surface area contributed by atoms with Gasteiger partial charge in [0.05, 0.1) is 0 Å². The monoisotopic (exact) mass is 308 g/mol. The molecular weight excluding hydrogens is 288 g/mol. The summed E-state index contributed by atoms with van der Waals surface area (Å²) in [7, 11) is 0. The molecule has 1 unspecified atom stereocenters. The molecule has 0 N–H and O–H groups in total. The molecule has 1 atom stereocenters. The number of hydrogen-bond acceptors (Lipinski definition) is 5. The van der Waals surface area contributed by atoms with Gasteiger partial charge in [0.2, 0.25) is 5.12 Å². The molecule has 0 amide bonds. The summed E-state index contributed by atoms with van der Waals surface area (Å²) in [5.74, 6) is 4.76. The van der Waals surface area contributed by atoms with E-state index in [1.54, 1.807) is 0 Å². The number of carbonyl (C=O) groups is 1. The minimum Gasteiger partial charge on any atom is -0.282 e. The summed E-state index contributed by atoms with van der Waals surface area (Å²) in [6.07, 6.45) is 5.26. The van der Waals surface area contributed by atoms with Gasteiger partial charge in [-0.15, -0.1) is 23.5 Å². The van der Waals surface area contributed by atoms with Crippen molar-refractivity contribution in [1.29, 1.82) is 0 Å². The van der Waals surface area contributed by atoms with Crippen LogP contribution in [-0.2, 0) is 4.79 Å². The summed E-state index contributed by atoms with van der Waals surface area (Å²) in [6, 6.07) is 0. The van der Waals surface area contributed by atoms with Gasteiger partial charge in [0.1, 0.15) is 0 Å². The van der Waals surface area contributed by atoms with Crippen molar-refractivity contribution in [3.63, 3.8) is 0 Å². The average molecular weight is 309 g/mol. The SMILES string of the molecule is C=CC(=O)SCCCSCCCC1CSCS1. The second-order valence-corrected chi connectivity index (χ2v) is 8.77. The number of carbonyl (C=O) groups excluding carboxylic acids is 1. The van der Waals surface area contributed by atoms with Crippen molar-refractivity contribution in [1.82, 2.24) is 0 Å². The van der Waals surface area contributed by atoms with Crippen molar-refractivity contribution in [2.45, 2.75) is 24.5 Å². The highest BCUT2D eigenvalue weighted by molar-refractivity contribution is 8.19. The van der Waals surface area contributed by atoms with Crippen molar-refractivity contribution in [2.75, 3.05) is 28.1 Å². The second-order valence-electron chi connectivity index (χ2n) is 3.76. The first-order chi connectivity index (χ1) is 8.33. The summed E-state index contributed by atoms with van der Waals surface area (Å²) in [5, 5.41) is 2.32. The Hall–Kier alpha value is 0.810. The van der Waals surface area contributed by atoms with Crippen LogP contribution in [0.15, 0.2) is 12.7 Å². The minimum absolute atomic E-state index is 0.103. The fraction of sp³-hybridized carbons (Fsp3) is 0.750. The molecule has 1 fully saturated rings. The van der Waals surface area contributed by atoms with Crippen molar-refractivity contribution >= 4 is 52.2 Å². The Bertz CT molecular complexity index is 227. The third-order valence-electron chi connectivity index (χ3n) is 2.35. The van der Waals surface area contributed by atoms with Crippen LogP contribution in [0.25, 0.3) is 0 Å². The van der Waals surface area contributed by atoms with E-state index in [1.807, 2.05) is 11.8 Å². The van der Waals surface area contributed by atoms with Gasteiger partial charge in [0.15, 0.2) is 0 Å². The van der Waals surface area contributed by atoms with E-state index in [4.69, 9.17) is 0 Å². The first kappa shape index (κ1) is 15.9. The Labute approximate surface area is 122 Å². The topological polar surface area (TPSA) is 17.1 Å². The maximum absolute atomic E-state index is 10.9. The maximum Gasteiger partial charge on any atom is 0.211 e. The fourth-order valence-corrected chi connectivity index (χ4v) is 6.14. The van der Waals surface area contributed by atoms with Crippen molar-refractivity contribution in [2.24, 2.45) is 0 Å². The van der Waals surface area contributed by atoms with Gasteiger partial charge in [-0.3, -0.25) is 4.79 Å². The Kier molecular flexibility index (Phi) is 9.99. The molecule has 0 aliphatic carbocycles. The van der Waals surface area contributed by atoms with Crippen LogP contribution in [0, 0.1) is 0 Å². The summed E-state index contributed by atoms with van der Waals surface area (Å²) in [5.41, 5.74) is 0. The van der Waals surface area contributed by atoms with Gasteiger partial charge >= 0.3 is 0 Å². The molecule has 0 aromatic rings. The van der Waals surface area contributed by atoms with Gasteiger partial charge in [-0.1, -0.05) is 18.3 Å². The first-order valence-corrected chi connectivity index (χ1v) is 10.2. The van der Waals surface area contributed by atoms with E-state index in [-0.39, 0.29) is 5.12 Å². The smallest absolute Gasteiger partial charge is 0.211 e. The zero-order valence-corrected chi connectivity index (χ0v) is 13.3. The average Bonchev–Trinajstić information content (AvgIpc) is 2.85. The lowest BCUT2D eigenvalue weighted by atomic mass is 10.3. The lowest BCUT2D eigenvalue weighted by Crippen LogP contribution is -2.01. The van der Waals surface area contributed by atoms with Gasteiger partial charge < -0.3 is 0 Å². The van der Waals surface area contributed by atoms with Crippen LogP contribution in [0.2, 0.25) is 0 Å². The van der Waals surface area contributed by atoms with E-state index in [0.717, 1.165) is 17.4 Å². The molecule has 0 radical (unpaired) electrons. The summed E-state index contributed by atoms with van der Waals surface area (Å²) >= 11 is 7.61. The van der Waals surface area contributed by atoms with E-state index >= 15 is 0 Å². The highest BCUT2D eigenvalue weighted by Gasteiger charge is 2.14. The largest absolute Gasteiger partial charge is 0.282 e. The van der Waals surface area contributed by atoms with Crippen LogP contribution in [0.1, 0.15) is 19.3 Å². The van der Waals surface area contributed by atoms with Crippen LogP contribution >= 0.6 is 47.0 Å². The molecule has 1 rings (SSSR count). The Morgan fingerprint density at radius 3 is 2.88 bits per heavy atom. The van der Waals surface area contributed by atoms with Crippen LogP contribution in [0.4, 0.5) is 0 Å². The molecule has 98 valence electrons. The minimum atomic E-state index is 0.103. The molecule has 1 nitrogen and oxygen atoms in total. The molecule has 0 aromatic carbocycles. The molecule has 0 bridgehead atoms. The summed E-state index contributed by atoms with van der Waals surface area (Å²) in [6.45, 7) is 3.46. The Morgan fingerprint density at radius 1 is 1.35 bits per heavy atom.